The first-order chi connectivity index (χ1) is 11.3. The fraction of sp³-hybridized carbons (Fsp3) is 0.571. The van der Waals surface area contributed by atoms with Gasteiger partial charge >= 0.3 is 45.5 Å². The summed E-state index contributed by atoms with van der Waals surface area (Å²) >= 11 is 0. The summed E-state index contributed by atoms with van der Waals surface area (Å²) in [5.74, 6) is -2.29. The number of nitrogens with one attached hydrogen (secondary N) is 2. The summed E-state index contributed by atoms with van der Waals surface area (Å²) in [5.41, 5.74) is -2.13. The number of amides is 2. The van der Waals surface area contributed by atoms with E-state index in [4.69, 9.17) is 0 Å². The van der Waals surface area contributed by atoms with Crippen molar-refractivity contribution in [3.63, 3.8) is 0 Å². The second-order valence-electron chi connectivity index (χ2n) is 6.56. The van der Waals surface area contributed by atoms with Crippen LogP contribution in [0.4, 0.5) is 0 Å². The van der Waals surface area contributed by atoms with E-state index in [0.717, 1.165) is 12.2 Å². The van der Waals surface area contributed by atoms with Crippen LogP contribution >= 0.6 is 0 Å². The molecule has 0 bridgehead atoms. The van der Waals surface area contributed by atoms with E-state index in [1.165, 1.54) is 27.7 Å². The third-order valence-electron chi connectivity index (χ3n) is 2.37. The Hall–Kier alpha value is -0.279. The molecule has 0 aliphatic heterocycles. The van der Waals surface area contributed by atoms with Crippen molar-refractivity contribution >= 4 is 77.5 Å². The molecule has 0 saturated carbocycles. The zero-order valence-corrected chi connectivity index (χ0v) is 20.9. The molecule has 0 spiro atoms. The molecule has 0 aliphatic carbocycles. The maximum absolute atomic E-state index is 10.8. The minimum Gasteiger partial charge on any atom is -0.748 e. The van der Waals surface area contributed by atoms with Crippen LogP contribution in [0.3, 0.4) is 0 Å². The van der Waals surface area contributed by atoms with E-state index < -0.39 is 54.6 Å². The molecule has 152 valence electrons. The van der Waals surface area contributed by atoms with E-state index in [0.29, 0.717) is 0 Å². The van der Waals surface area contributed by atoms with Gasteiger partial charge in [0.05, 0.1) is 31.7 Å². The second kappa shape index (κ2) is 12.3. The Labute approximate surface area is 197 Å². The van der Waals surface area contributed by atoms with E-state index in [1.807, 2.05) is 0 Å². The molecular weight excluding hydrogens is 476 g/mol. The topological polar surface area (TPSA) is 173 Å². The molecule has 0 heterocycles. The average molecular weight is 500 g/mol. The molecule has 0 aromatic heterocycles. The quantitative estimate of drug-likeness (QED) is 0.239. The first kappa shape index (κ1) is 31.4. The SMILES string of the molecule is C=CC(=O)NC(C)(C)CS(=O)(=O)[O-].C=CC(=O)NC(C)(C)CS(=O)(=O)[O-].[Sr+2]. The number of hydrogen-bond donors (Lipinski definition) is 2. The molecule has 0 radical (unpaired) electrons. The Bertz CT molecular complexity index is 679. The fourth-order valence-corrected chi connectivity index (χ4v) is 3.64. The standard InChI is InChI=1S/2C7H13NO4S.Sr/c2*1-4-6(9)8-7(2,3)5-13(10,11)12;/h2*4H,1,5H2,2-3H3,(H,8,9)(H,10,11,12);/q;;+2/p-2. The Morgan fingerprint density at radius 2 is 1.04 bits per heavy atom. The monoisotopic (exact) mass is 500 g/mol. The van der Waals surface area contributed by atoms with Crippen molar-refractivity contribution < 1.29 is 35.5 Å². The van der Waals surface area contributed by atoms with Gasteiger partial charge in [-0.25, -0.2) is 16.8 Å². The molecule has 0 saturated heterocycles. The molecule has 0 fully saturated rings. The van der Waals surface area contributed by atoms with Crippen molar-refractivity contribution in [3.05, 3.63) is 25.3 Å². The predicted molar refractivity (Wildman–Crippen MR) is 99.7 cm³/mol. The van der Waals surface area contributed by atoms with Crippen LogP contribution in [0, 0.1) is 0 Å². The van der Waals surface area contributed by atoms with Crippen LogP contribution in [0.5, 0.6) is 0 Å². The van der Waals surface area contributed by atoms with Crippen molar-refractivity contribution in [2.24, 2.45) is 0 Å². The van der Waals surface area contributed by atoms with Crippen LogP contribution in [-0.4, -0.2) is 106 Å². The Morgan fingerprint density at radius 1 is 0.815 bits per heavy atom. The van der Waals surface area contributed by atoms with E-state index in [2.05, 4.69) is 23.8 Å². The molecule has 27 heavy (non-hydrogen) atoms. The normalized spacial score (nSPS) is 11.8. The predicted octanol–water partition coefficient (Wildman–Crippen LogP) is -1.16. The van der Waals surface area contributed by atoms with Gasteiger partial charge in [0.2, 0.25) is 11.8 Å². The van der Waals surface area contributed by atoms with Gasteiger partial charge in [0, 0.05) is 11.1 Å². The molecule has 2 amide bonds. The van der Waals surface area contributed by atoms with E-state index in [1.54, 1.807) is 0 Å². The van der Waals surface area contributed by atoms with Gasteiger partial charge in [0.25, 0.3) is 0 Å². The third-order valence-corrected chi connectivity index (χ3v) is 4.52. The number of rotatable bonds is 8. The van der Waals surface area contributed by atoms with Crippen molar-refractivity contribution in [3.8, 4) is 0 Å². The summed E-state index contributed by atoms with van der Waals surface area (Å²) in [4.78, 5) is 21.6. The summed E-state index contributed by atoms with van der Waals surface area (Å²) in [5, 5.41) is 4.65. The minimum absolute atomic E-state index is 0. The maximum atomic E-state index is 10.8. The number of hydrogen-bond acceptors (Lipinski definition) is 8. The molecule has 10 nitrogen and oxygen atoms in total. The van der Waals surface area contributed by atoms with Gasteiger partial charge in [-0.2, -0.15) is 0 Å². The Balaban J connectivity index is -0.000000411. The number of carbonyl (C=O) groups is 2. The molecule has 0 aromatic carbocycles. The van der Waals surface area contributed by atoms with Crippen molar-refractivity contribution in [1.29, 1.82) is 0 Å². The fourth-order valence-electron chi connectivity index (χ4n) is 1.73. The maximum Gasteiger partial charge on any atom is 2.00 e. The zero-order chi connectivity index (χ0) is 21.4. The second-order valence-corrected chi connectivity index (χ2v) is 9.37. The van der Waals surface area contributed by atoms with Crippen molar-refractivity contribution in [2.75, 3.05) is 11.5 Å². The molecule has 0 aromatic rings. The Kier molecular flexibility index (Phi) is 14.3. The van der Waals surface area contributed by atoms with Gasteiger partial charge in [0.15, 0.2) is 0 Å². The summed E-state index contributed by atoms with van der Waals surface area (Å²) in [6, 6.07) is 0. The van der Waals surface area contributed by atoms with E-state index in [9.17, 15) is 35.5 Å². The van der Waals surface area contributed by atoms with E-state index in [-0.39, 0.29) is 45.5 Å². The first-order valence-corrected chi connectivity index (χ1v) is 10.2. The van der Waals surface area contributed by atoms with Gasteiger partial charge in [-0.15, -0.1) is 0 Å². The van der Waals surface area contributed by atoms with Crippen LogP contribution < -0.4 is 10.6 Å². The van der Waals surface area contributed by atoms with Crippen LogP contribution in [0.1, 0.15) is 27.7 Å². The smallest absolute Gasteiger partial charge is 0.748 e. The summed E-state index contributed by atoms with van der Waals surface area (Å²) in [6.07, 6.45) is 2.03. The van der Waals surface area contributed by atoms with Gasteiger partial charge in [-0.3, -0.25) is 9.59 Å². The largest absolute Gasteiger partial charge is 2.00 e. The third kappa shape index (κ3) is 21.9. The van der Waals surface area contributed by atoms with Crippen molar-refractivity contribution in [2.45, 2.75) is 38.8 Å². The molecule has 0 rings (SSSR count). The van der Waals surface area contributed by atoms with Gasteiger partial charge in [-0.1, -0.05) is 13.2 Å². The first-order valence-electron chi connectivity index (χ1n) is 7.09. The molecule has 0 atom stereocenters. The van der Waals surface area contributed by atoms with Crippen LogP contribution in [0.2, 0.25) is 0 Å². The van der Waals surface area contributed by atoms with Gasteiger partial charge < -0.3 is 19.7 Å². The van der Waals surface area contributed by atoms with Crippen molar-refractivity contribution in [1.82, 2.24) is 10.6 Å². The van der Waals surface area contributed by atoms with Crippen LogP contribution in [0.25, 0.3) is 0 Å². The van der Waals surface area contributed by atoms with E-state index >= 15 is 0 Å². The molecule has 0 unspecified atom stereocenters. The van der Waals surface area contributed by atoms with Crippen LogP contribution in [0.15, 0.2) is 25.3 Å². The summed E-state index contributed by atoms with van der Waals surface area (Å²) in [6.45, 7) is 12.2. The molecule has 2 N–H and O–H groups in total. The van der Waals surface area contributed by atoms with Crippen LogP contribution in [-0.2, 0) is 29.8 Å². The molecule has 0 aliphatic rings. The summed E-state index contributed by atoms with van der Waals surface area (Å²) in [7, 11) is -8.67. The Morgan fingerprint density at radius 3 is 1.19 bits per heavy atom. The summed E-state index contributed by atoms with van der Waals surface area (Å²) < 4.78 is 62.3. The minimum atomic E-state index is -4.33. The van der Waals surface area contributed by atoms with Gasteiger partial charge in [0.1, 0.15) is 0 Å². The number of carbonyl (C=O) groups excluding carboxylic acids is 2. The van der Waals surface area contributed by atoms with Gasteiger partial charge in [-0.05, 0) is 39.8 Å². The zero-order valence-electron chi connectivity index (χ0n) is 15.8. The molecule has 13 heteroatoms. The molecular formula is C14H24N2O8S2Sr. The average Bonchev–Trinajstić information content (AvgIpc) is 2.31.